The molecule has 5 fully saturated rings. The number of thiol groups is 1. The van der Waals surface area contributed by atoms with E-state index in [0.29, 0.717) is 37.6 Å². The quantitative estimate of drug-likeness (QED) is 0.793. The van der Waals surface area contributed by atoms with Crippen LogP contribution in [0.4, 0.5) is 0 Å². The molecule has 4 bridgehead atoms. The van der Waals surface area contributed by atoms with Crippen molar-refractivity contribution in [3.8, 4) is 0 Å². The summed E-state index contributed by atoms with van der Waals surface area (Å²) in [6.45, 7) is 2.58. The minimum absolute atomic E-state index is 0.0301. The first-order valence-corrected chi connectivity index (χ1v) is 10.9. The summed E-state index contributed by atoms with van der Waals surface area (Å²) in [7, 11) is 0. The van der Waals surface area contributed by atoms with E-state index in [1.54, 1.807) is 0 Å². The molecule has 2 amide bonds. The van der Waals surface area contributed by atoms with E-state index in [4.69, 9.17) is 0 Å². The van der Waals surface area contributed by atoms with Crippen molar-refractivity contribution in [3.05, 3.63) is 29.8 Å². The van der Waals surface area contributed by atoms with Crippen LogP contribution in [0.25, 0.3) is 0 Å². The Hall–Kier alpha value is -1.49. The number of hydrogen-bond acceptors (Lipinski definition) is 3. The molecule has 5 heteroatoms. The van der Waals surface area contributed by atoms with Crippen molar-refractivity contribution in [2.24, 2.45) is 23.2 Å². The fourth-order valence-corrected chi connectivity index (χ4v) is 6.90. The smallest absolute Gasteiger partial charge is 0.255 e. The Kier molecular flexibility index (Phi) is 4.26. The fraction of sp³-hybridized carbons (Fsp3) is 0.636. The van der Waals surface area contributed by atoms with Crippen LogP contribution in [0.15, 0.2) is 29.2 Å². The highest BCUT2D eigenvalue weighted by Gasteiger charge is 2.55. The van der Waals surface area contributed by atoms with E-state index in [9.17, 15) is 9.59 Å². The van der Waals surface area contributed by atoms with Crippen molar-refractivity contribution in [1.29, 1.82) is 0 Å². The van der Waals surface area contributed by atoms with Gasteiger partial charge in [0.25, 0.3) is 5.91 Å². The number of piperazine rings is 1. The van der Waals surface area contributed by atoms with Gasteiger partial charge in [-0.25, -0.2) is 0 Å². The highest BCUT2D eigenvalue weighted by atomic mass is 32.1. The summed E-state index contributed by atoms with van der Waals surface area (Å²) in [5.41, 5.74) is 0.584. The van der Waals surface area contributed by atoms with Crippen molar-refractivity contribution in [2.75, 3.05) is 26.2 Å². The van der Waals surface area contributed by atoms with Gasteiger partial charge in [-0.3, -0.25) is 9.59 Å². The Labute approximate surface area is 166 Å². The number of rotatable bonds is 2. The zero-order valence-corrected chi connectivity index (χ0v) is 16.7. The molecular weight excluding hydrogens is 356 g/mol. The highest BCUT2D eigenvalue weighted by Crippen LogP contribution is 2.60. The van der Waals surface area contributed by atoms with E-state index < -0.39 is 0 Å². The van der Waals surface area contributed by atoms with Crippen molar-refractivity contribution in [2.45, 2.75) is 43.4 Å². The molecule has 0 radical (unpaired) electrons. The minimum atomic E-state index is -0.0708. The third kappa shape index (κ3) is 2.98. The molecule has 5 aliphatic rings. The molecule has 4 nitrogen and oxygen atoms in total. The summed E-state index contributed by atoms with van der Waals surface area (Å²) >= 11 is 4.42. The van der Waals surface area contributed by atoms with Gasteiger partial charge >= 0.3 is 0 Å². The van der Waals surface area contributed by atoms with Gasteiger partial charge < -0.3 is 9.80 Å². The number of benzene rings is 1. The SMILES string of the molecule is O=C(c1ccccc1S)N1CCN(C(=O)C23CC4CC(CC(C4)C2)C3)CC1. The summed E-state index contributed by atoms with van der Waals surface area (Å²) < 4.78 is 0. The molecule has 0 spiro atoms. The first-order chi connectivity index (χ1) is 13.0. The van der Waals surface area contributed by atoms with Crippen molar-refractivity contribution in [1.82, 2.24) is 9.80 Å². The van der Waals surface area contributed by atoms with Crippen molar-refractivity contribution in [3.63, 3.8) is 0 Å². The third-order valence-electron chi connectivity index (χ3n) is 7.48. The molecule has 1 aromatic carbocycles. The molecule has 1 aromatic rings. The van der Waals surface area contributed by atoms with Gasteiger partial charge in [-0.2, -0.15) is 0 Å². The van der Waals surface area contributed by atoms with Gasteiger partial charge in [0.05, 0.1) is 11.0 Å². The van der Waals surface area contributed by atoms with Crippen LogP contribution in [0.5, 0.6) is 0 Å². The molecule has 1 heterocycles. The van der Waals surface area contributed by atoms with Crippen LogP contribution >= 0.6 is 12.6 Å². The van der Waals surface area contributed by atoms with Gasteiger partial charge in [-0.1, -0.05) is 12.1 Å². The average Bonchev–Trinajstić information content (AvgIpc) is 2.66. The van der Waals surface area contributed by atoms with Crippen LogP contribution < -0.4 is 0 Å². The summed E-state index contributed by atoms with van der Waals surface area (Å²) in [5.74, 6) is 2.78. The van der Waals surface area contributed by atoms with E-state index in [1.807, 2.05) is 29.2 Å². The van der Waals surface area contributed by atoms with Gasteiger partial charge in [-0.15, -0.1) is 12.6 Å². The summed E-state index contributed by atoms with van der Waals surface area (Å²) in [5, 5.41) is 0. The second-order valence-corrected chi connectivity index (χ2v) is 9.78. The van der Waals surface area contributed by atoms with Crippen LogP contribution in [0.1, 0.15) is 48.9 Å². The Morgan fingerprint density at radius 3 is 1.93 bits per heavy atom. The molecule has 144 valence electrons. The molecule has 1 saturated heterocycles. The molecule has 1 aliphatic heterocycles. The van der Waals surface area contributed by atoms with Crippen LogP contribution in [0.2, 0.25) is 0 Å². The third-order valence-corrected chi connectivity index (χ3v) is 7.87. The molecule has 6 rings (SSSR count). The average molecular weight is 385 g/mol. The molecule has 0 unspecified atom stereocenters. The van der Waals surface area contributed by atoms with Crippen LogP contribution in [0.3, 0.4) is 0 Å². The first-order valence-electron chi connectivity index (χ1n) is 10.4. The second kappa shape index (κ2) is 6.54. The van der Waals surface area contributed by atoms with E-state index in [2.05, 4.69) is 17.5 Å². The molecule has 4 saturated carbocycles. The summed E-state index contributed by atoms with van der Waals surface area (Å²) in [6.07, 6.45) is 7.42. The normalized spacial score (nSPS) is 34.8. The molecule has 0 atom stereocenters. The maximum absolute atomic E-state index is 13.5. The van der Waals surface area contributed by atoms with Gasteiger partial charge in [0.2, 0.25) is 5.91 Å². The van der Waals surface area contributed by atoms with Gasteiger partial charge in [0.15, 0.2) is 0 Å². The van der Waals surface area contributed by atoms with Crippen molar-refractivity contribution < 1.29 is 9.59 Å². The van der Waals surface area contributed by atoms with Crippen molar-refractivity contribution >= 4 is 24.4 Å². The summed E-state index contributed by atoms with van der Waals surface area (Å²) in [6, 6.07) is 7.45. The number of amides is 2. The predicted octanol–water partition coefficient (Wildman–Crippen LogP) is 3.48. The molecule has 0 N–H and O–H groups in total. The highest BCUT2D eigenvalue weighted by molar-refractivity contribution is 7.80. The van der Waals surface area contributed by atoms with Crippen LogP contribution in [-0.4, -0.2) is 47.8 Å². The molecule has 0 aromatic heterocycles. The van der Waals surface area contributed by atoms with E-state index in [1.165, 1.54) is 19.3 Å². The lowest BCUT2D eigenvalue weighted by Gasteiger charge is -2.57. The maximum Gasteiger partial charge on any atom is 0.255 e. The largest absolute Gasteiger partial charge is 0.339 e. The first kappa shape index (κ1) is 17.6. The van der Waals surface area contributed by atoms with Crippen LogP contribution in [-0.2, 0) is 4.79 Å². The number of carbonyl (C=O) groups excluding carboxylic acids is 2. The monoisotopic (exact) mass is 384 g/mol. The van der Waals surface area contributed by atoms with Gasteiger partial charge in [0, 0.05) is 31.1 Å². The lowest BCUT2D eigenvalue weighted by atomic mass is 9.49. The molecule has 4 aliphatic carbocycles. The summed E-state index contributed by atoms with van der Waals surface area (Å²) in [4.78, 5) is 30.9. The van der Waals surface area contributed by atoms with Crippen LogP contribution in [0, 0.1) is 23.2 Å². The lowest BCUT2D eigenvalue weighted by molar-refractivity contribution is -0.159. The van der Waals surface area contributed by atoms with Gasteiger partial charge in [-0.05, 0) is 68.4 Å². The Bertz CT molecular complexity index is 734. The second-order valence-electron chi connectivity index (χ2n) is 9.30. The van der Waals surface area contributed by atoms with E-state index >= 15 is 0 Å². The molecular formula is C22H28N2O2S. The topological polar surface area (TPSA) is 40.6 Å². The predicted molar refractivity (Wildman–Crippen MR) is 107 cm³/mol. The van der Waals surface area contributed by atoms with E-state index in [0.717, 1.165) is 41.9 Å². The van der Waals surface area contributed by atoms with Gasteiger partial charge in [0.1, 0.15) is 0 Å². The number of hydrogen-bond donors (Lipinski definition) is 1. The molecule has 27 heavy (non-hydrogen) atoms. The number of carbonyl (C=O) groups is 2. The maximum atomic E-state index is 13.5. The minimum Gasteiger partial charge on any atom is -0.339 e. The Balaban J connectivity index is 1.25. The Morgan fingerprint density at radius 1 is 0.852 bits per heavy atom. The fourth-order valence-electron chi connectivity index (χ4n) is 6.65. The zero-order valence-electron chi connectivity index (χ0n) is 15.8. The number of nitrogens with zero attached hydrogens (tertiary/aromatic N) is 2. The standard InChI is InChI=1S/C22H28N2O2S/c25-20(18-3-1-2-4-19(18)27)23-5-7-24(8-6-23)21(26)22-12-15-9-16(13-22)11-17(10-15)14-22/h1-4,15-17,27H,5-14H2. The zero-order chi connectivity index (χ0) is 18.6. The lowest BCUT2D eigenvalue weighted by Crippen LogP contribution is -2.58. The Morgan fingerprint density at radius 2 is 1.37 bits per heavy atom. The van der Waals surface area contributed by atoms with E-state index in [-0.39, 0.29) is 11.3 Å².